The summed E-state index contributed by atoms with van der Waals surface area (Å²) in [6.07, 6.45) is 0. The molecule has 8 rings (SSSR count). The Balaban J connectivity index is 1.56. The summed E-state index contributed by atoms with van der Waals surface area (Å²) in [5, 5.41) is 25.3. The predicted octanol–water partition coefficient (Wildman–Crippen LogP) is 10.5. The maximum Gasteiger partial charge on any atom is 0.0999 e. The predicted molar refractivity (Wildman–Crippen MR) is 189 cm³/mol. The van der Waals surface area contributed by atoms with Crippen LogP contribution >= 0.6 is 0 Å². The number of rotatable bonds is 3. The molecule has 0 aliphatic heterocycles. The third-order valence-corrected chi connectivity index (χ3v) is 9.15. The van der Waals surface area contributed by atoms with E-state index in [1.807, 2.05) is 24.3 Å². The smallest absolute Gasteiger partial charge is 0.0999 e. The highest BCUT2D eigenvalue weighted by atomic mass is 15.0. The molecule has 0 bridgehead atoms. The summed E-state index contributed by atoms with van der Waals surface area (Å²) >= 11 is 0. The Hall–Kier alpha value is -6.10. The van der Waals surface area contributed by atoms with Crippen LogP contribution < -0.4 is 0 Å². The number of aromatic nitrogens is 2. The van der Waals surface area contributed by atoms with E-state index < -0.39 is 0 Å². The van der Waals surface area contributed by atoms with Gasteiger partial charge in [-0.1, -0.05) is 58.7 Å². The van der Waals surface area contributed by atoms with Gasteiger partial charge in [0.25, 0.3) is 0 Å². The first kappa shape index (κ1) is 27.4. The van der Waals surface area contributed by atoms with Crippen LogP contribution in [0.3, 0.4) is 0 Å². The molecule has 0 atom stereocenters. The molecule has 0 aliphatic rings. The van der Waals surface area contributed by atoms with Gasteiger partial charge in [-0.25, -0.2) is 0 Å². The zero-order valence-corrected chi connectivity index (χ0v) is 26.2. The van der Waals surface area contributed by atoms with Crippen molar-refractivity contribution in [3.8, 4) is 34.6 Å². The second-order valence-electron chi connectivity index (χ2n) is 12.4. The lowest BCUT2D eigenvalue weighted by Crippen LogP contribution is -2.04. The number of nitriles is 2. The maximum absolute atomic E-state index is 10.8. The Kier molecular flexibility index (Phi) is 6.11. The second kappa shape index (κ2) is 10.2. The van der Waals surface area contributed by atoms with Gasteiger partial charge in [0.1, 0.15) is 0 Å². The highest BCUT2D eigenvalue weighted by Crippen LogP contribution is 2.41. The van der Waals surface area contributed by atoms with Crippen LogP contribution in [0.1, 0.15) is 33.4 Å². The van der Waals surface area contributed by atoms with Crippen LogP contribution in [0.15, 0.2) is 109 Å². The summed E-state index contributed by atoms with van der Waals surface area (Å²) in [5.41, 5.74) is 13.7. The minimum atomic E-state index is 0.547. The number of nitrogens with zero attached hydrogens (tertiary/aromatic N) is 4. The lowest BCUT2D eigenvalue weighted by atomic mass is 9.95. The molecule has 0 aliphatic carbocycles. The number of hydrogen-bond acceptors (Lipinski definition) is 2. The molecule has 0 N–H and O–H groups in total. The van der Waals surface area contributed by atoms with Gasteiger partial charge in [-0.05, 0) is 106 Å². The van der Waals surface area contributed by atoms with E-state index in [1.165, 1.54) is 43.8 Å². The molecule has 2 aromatic heterocycles. The van der Waals surface area contributed by atoms with Crippen molar-refractivity contribution in [3.63, 3.8) is 0 Å². The van der Waals surface area contributed by atoms with E-state index in [9.17, 15) is 10.5 Å². The fourth-order valence-corrected chi connectivity index (χ4v) is 7.09. The number of hydrogen-bond donors (Lipinski definition) is 0. The molecule has 6 aromatic carbocycles. The highest BCUT2D eigenvalue weighted by molar-refractivity contribution is 6.11. The van der Waals surface area contributed by atoms with Crippen LogP contribution in [0.2, 0.25) is 0 Å². The largest absolute Gasteiger partial charge is 0.309 e. The quantitative estimate of drug-likeness (QED) is 0.206. The Morgan fingerprint density at radius 3 is 1.41 bits per heavy atom. The Bertz CT molecular complexity index is 2530. The van der Waals surface area contributed by atoms with Gasteiger partial charge in [0.2, 0.25) is 0 Å². The van der Waals surface area contributed by atoms with Crippen molar-refractivity contribution in [2.24, 2.45) is 0 Å². The zero-order valence-electron chi connectivity index (χ0n) is 26.2. The first-order valence-corrected chi connectivity index (χ1v) is 15.5. The van der Waals surface area contributed by atoms with Gasteiger partial charge in [0.15, 0.2) is 0 Å². The van der Waals surface area contributed by atoms with Crippen LogP contribution in [0, 0.1) is 50.4 Å². The van der Waals surface area contributed by atoms with Crippen LogP contribution in [-0.4, -0.2) is 9.13 Å². The van der Waals surface area contributed by atoms with Crippen molar-refractivity contribution in [3.05, 3.63) is 143 Å². The monoisotopic (exact) mass is 590 g/mol. The van der Waals surface area contributed by atoms with E-state index in [0.29, 0.717) is 11.1 Å². The molecule has 0 unspecified atom stereocenters. The standard InChI is InChI=1S/C42H30N4/c1-25-8-12-37-33(16-25)34-17-26(2)9-13-38(34)45(37)32-21-31(24-44)42(30-7-5-6-29(20-30)23-43)41(22-32)46-39-14-10-27(3)18-35(39)36-19-28(4)11-15-40(36)46/h5-22H,1-4H3. The zero-order chi connectivity index (χ0) is 31.7. The highest BCUT2D eigenvalue weighted by Gasteiger charge is 2.22. The second-order valence-corrected chi connectivity index (χ2v) is 12.4. The molecular formula is C42H30N4. The SMILES string of the molecule is Cc1ccc2c(c1)c1cc(C)ccc1n2-c1cc(C#N)c(-c2cccc(C#N)c2)c(-n2c3ccc(C)cc3c3cc(C)ccc32)c1. The molecule has 0 fully saturated rings. The molecule has 218 valence electrons. The Morgan fingerprint density at radius 2 is 0.957 bits per heavy atom. The van der Waals surface area contributed by atoms with E-state index in [1.54, 1.807) is 6.07 Å². The van der Waals surface area contributed by atoms with Gasteiger partial charge in [-0.2, -0.15) is 10.5 Å². The summed E-state index contributed by atoms with van der Waals surface area (Å²) in [4.78, 5) is 0. The van der Waals surface area contributed by atoms with Crippen molar-refractivity contribution >= 4 is 43.6 Å². The van der Waals surface area contributed by atoms with Crippen LogP contribution in [-0.2, 0) is 0 Å². The van der Waals surface area contributed by atoms with Crippen LogP contribution in [0.25, 0.3) is 66.1 Å². The van der Waals surface area contributed by atoms with Gasteiger partial charge in [-0.3, -0.25) is 0 Å². The molecule has 0 radical (unpaired) electrons. The minimum absolute atomic E-state index is 0.547. The lowest BCUT2D eigenvalue weighted by Gasteiger charge is -2.19. The summed E-state index contributed by atoms with van der Waals surface area (Å²) in [6.45, 7) is 8.49. The molecule has 0 saturated carbocycles. The molecule has 0 saturated heterocycles. The van der Waals surface area contributed by atoms with E-state index in [-0.39, 0.29) is 0 Å². The van der Waals surface area contributed by atoms with E-state index in [2.05, 4.69) is 128 Å². The molecular weight excluding hydrogens is 560 g/mol. The molecule has 0 spiro atoms. The van der Waals surface area contributed by atoms with Crippen molar-refractivity contribution in [1.29, 1.82) is 10.5 Å². The van der Waals surface area contributed by atoms with Gasteiger partial charge in [-0.15, -0.1) is 0 Å². The number of aryl methyl sites for hydroxylation is 4. The van der Waals surface area contributed by atoms with Crippen molar-refractivity contribution in [1.82, 2.24) is 9.13 Å². The van der Waals surface area contributed by atoms with Crippen LogP contribution in [0.5, 0.6) is 0 Å². The minimum Gasteiger partial charge on any atom is -0.309 e. The molecule has 4 heteroatoms. The average Bonchev–Trinajstić information content (AvgIpc) is 3.55. The summed E-state index contributed by atoms with van der Waals surface area (Å²) in [6, 6.07) is 42.9. The van der Waals surface area contributed by atoms with Crippen molar-refractivity contribution in [2.75, 3.05) is 0 Å². The summed E-state index contributed by atoms with van der Waals surface area (Å²) in [7, 11) is 0. The van der Waals surface area contributed by atoms with E-state index in [0.717, 1.165) is 44.6 Å². The normalized spacial score (nSPS) is 11.4. The van der Waals surface area contributed by atoms with E-state index in [4.69, 9.17) is 0 Å². The van der Waals surface area contributed by atoms with Crippen LogP contribution in [0.4, 0.5) is 0 Å². The maximum atomic E-state index is 10.8. The topological polar surface area (TPSA) is 57.4 Å². The van der Waals surface area contributed by atoms with Gasteiger partial charge in [0, 0.05) is 32.8 Å². The fraction of sp³-hybridized carbons (Fsp3) is 0.0952. The molecule has 4 nitrogen and oxygen atoms in total. The molecule has 46 heavy (non-hydrogen) atoms. The number of fused-ring (bicyclic) bond motifs is 6. The first-order chi connectivity index (χ1) is 22.3. The molecule has 2 heterocycles. The third-order valence-electron chi connectivity index (χ3n) is 9.15. The first-order valence-electron chi connectivity index (χ1n) is 15.5. The van der Waals surface area contributed by atoms with E-state index >= 15 is 0 Å². The summed E-state index contributed by atoms with van der Waals surface area (Å²) in [5.74, 6) is 0. The molecule has 8 aromatic rings. The fourth-order valence-electron chi connectivity index (χ4n) is 7.09. The van der Waals surface area contributed by atoms with Gasteiger partial charge < -0.3 is 9.13 Å². The lowest BCUT2D eigenvalue weighted by molar-refractivity contribution is 1.13. The number of benzene rings is 6. The summed E-state index contributed by atoms with van der Waals surface area (Å²) < 4.78 is 4.58. The van der Waals surface area contributed by atoms with Crippen molar-refractivity contribution in [2.45, 2.75) is 27.7 Å². The average molecular weight is 591 g/mol. The Morgan fingerprint density at radius 1 is 0.478 bits per heavy atom. The van der Waals surface area contributed by atoms with Crippen molar-refractivity contribution < 1.29 is 0 Å². The van der Waals surface area contributed by atoms with Gasteiger partial charge >= 0.3 is 0 Å². The molecule has 0 amide bonds. The Labute approximate surface area is 267 Å². The third kappa shape index (κ3) is 4.12. The van der Waals surface area contributed by atoms with Gasteiger partial charge in [0.05, 0.1) is 51.0 Å².